The normalized spacial score (nSPS) is 25.1. The van der Waals surface area contributed by atoms with Gasteiger partial charge in [0, 0.05) is 16.1 Å². The summed E-state index contributed by atoms with van der Waals surface area (Å²) in [4.78, 5) is 0. The summed E-state index contributed by atoms with van der Waals surface area (Å²) in [5.74, 6) is 1.68. The maximum absolute atomic E-state index is 3.90. The van der Waals surface area contributed by atoms with E-state index in [2.05, 4.69) is 89.7 Å². The molecule has 1 N–H and O–H groups in total. The van der Waals surface area contributed by atoms with Gasteiger partial charge in [-0.2, -0.15) is 0 Å². The molecule has 1 nitrogen and oxygen atoms in total. The Morgan fingerprint density at radius 1 is 1.13 bits per heavy atom. The van der Waals surface area contributed by atoms with E-state index in [-0.39, 0.29) is 0 Å². The molecule has 1 aliphatic carbocycles. The molecule has 2 aliphatic rings. The first-order valence-corrected chi connectivity index (χ1v) is 9.26. The van der Waals surface area contributed by atoms with Crippen LogP contribution in [-0.4, -0.2) is 0 Å². The molecule has 1 aliphatic heterocycles. The highest BCUT2D eigenvalue weighted by Gasteiger charge is 2.38. The number of para-hydroxylation sites is 1. The van der Waals surface area contributed by atoms with E-state index < -0.39 is 0 Å². The van der Waals surface area contributed by atoms with Gasteiger partial charge in [-0.15, -0.1) is 0 Å². The highest BCUT2D eigenvalue weighted by molar-refractivity contribution is 9.10. The lowest BCUT2D eigenvalue weighted by Gasteiger charge is -2.39. The van der Waals surface area contributed by atoms with Gasteiger partial charge in [-0.25, -0.2) is 0 Å². The fourth-order valence-electron chi connectivity index (χ4n) is 4.16. The van der Waals surface area contributed by atoms with Crippen molar-refractivity contribution in [3.05, 3.63) is 75.8 Å². The van der Waals surface area contributed by atoms with Gasteiger partial charge in [0.1, 0.15) is 0 Å². The summed E-state index contributed by atoms with van der Waals surface area (Å²) in [6, 6.07) is 15.9. The van der Waals surface area contributed by atoms with Crippen molar-refractivity contribution in [2.75, 3.05) is 5.32 Å². The average Bonchev–Trinajstić information content (AvgIpc) is 3.03. The van der Waals surface area contributed by atoms with E-state index >= 15 is 0 Å². The molecule has 0 saturated heterocycles. The Kier molecular flexibility index (Phi) is 3.81. The number of hydrogen-bond donors (Lipinski definition) is 1. The lowest BCUT2D eigenvalue weighted by molar-refractivity contribution is 0.424. The molecule has 0 spiro atoms. The quantitative estimate of drug-likeness (QED) is 0.605. The van der Waals surface area contributed by atoms with E-state index in [1.54, 1.807) is 0 Å². The third-order valence-electron chi connectivity index (χ3n) is 5.26. The Balaban J connectivity index is 1.83. The summed E-state index contributed by atoms with van der Waals surface area (Å²) in [5, 5.41) is 3.90. The van der Waals surface area contributed by atoms with E-state index in [0.29, 0.717) is 23.8 Å². The minimum Gasteiger partial charge on any atom is -0.377 e. The molecule has 0 amide bonds. The molecule has 0 unspecified atom stereocenters. The number of anilines is 1. The molecule has 23 heavy (non-hydrogen) atoms. The molecule has 1 heterocycles. The zero-order valence-electron chi connectivity index (χ0n) is 13.6. The fourth-order valence-corrected chi connectivity index (χ4v) is 4.57. The SMILES string of the molecule is CC(C)c1cccc2c1N[C@H](c1cccc(Br)c1)[C@H]1CC=C[C@H]21. The summed E-state index contributed by atoms with van der Waals surface area (Å²) in [7, 11) is 0. The van der Waals surface area contributed by atoms with Crippen molar-refractivity contribution in [2.24, 2.45) is 5.92 Å². The second-order valence-corrected chi connectivity index (χ2v) is 7.91. The molecule has 2 aromatic rings. The maximum atomic E-state index is 3.90. The van der Waals surface area contributed by atoms with Crippen LogP contribution < -0.4 is 5.32 Å². The largest absolute Gasteiger partial charge is 0.377 e. The molecule has 2 aromatic carbocycles. The van der Waals surface area contributed by atoms with Crippen LogP contribution >= 0.6 is 15.9 Å². The Morgan fingerprint density at radius 3 is 2.74 bits per heavy atom. The number of allylic oxidation sites excluding steroid dienone is 2. The Labute approximate surface area is 146 Å². The Bertz CT molecular complexity index is 762. The first-order chi connectivity index (χ1) is 11.1. The van der Waals surface area contributed by atoms with Gasteiger partial charge in [0.05, 0.1) is 6.04 Å². The minimum atomic E-state index is 0.375. The molecule has 2 heteroatoms. The summed E-state index contributed by atoms with van der Waals surface area (Å²) in [6.45, 7) is 4.56. The monoisotopic (exact) mass is 367 g/mol. The van der Waals surface area contributed by atoms with Gasteiger partial charge in [0.25, 0.3) is 0 Å². The molecule has 3 atom stereocenters. The molecule has 0 bridgehead atoms. The third kappa shape index (κ3) is 2.53. The van der Waals surface area contributed by atoms with Crippen molar-refractivity contribution in [3.8, 4) is 0 Å². The summed E-state index contributed by atoms with van der Waals surface area (Å²) in [5.41, 5.74) is 5.64. The van der Waals surface area contributed by atoms with Crippen LogP contribution in [0.1, 0.15) is 54.8 Å². The van der Waals surface area contributed by atoms with Gasteiger partial charge in [0.2, 0.25) is 0 Å². The first kappa shape index (κ1) is 15.0. The molecular formula is C21H22BrN. The second-order valence-electron chi connectivity index (χ2n) is 7.00. The van der Waals surface area contributed by atoms with Gasteiger partial charge in [0.15, 0.2) is 0 Å². The maximum Gasteiger partial charge on any atom is 0.0554 e. The standard InChI is InChI=1S/C21H22BrN/c1-13(2)16-8-4-11-19-17-9-5-10-18(17)20(23-21(16)19)14-6-3-7-15(22)12-14/h3-9,11-13,17-18,20,23H,10H2,1-2H3/t17-,18-,20+/m0/s1. The van der Waals surface area contributed by atoms with Crippen molar-refractivity contribution in [2.45, 2.75) is 38.1 Å². The second kappa shape index (κ2) is 5.83. The zero-order valence-corrected chi connectivity index (χ0v) is 15.2. The highest BCUT2D eigenvalue weighted by Crippen LogP contribution is 2.51. The predicted octanol–water partition coefficient (Wildman–Crippen LogP) is 6.40. The average molecular weight is 368 g/mol. The van der Waals surface area contributed by atoms with Crippen LogP contribution in [-0.2, 0) is 0 Å². The summed E-state index contributed by atoms with van der Waals surface area (Å²) < 4.78 is 1.15. The number of rotatable bonds is 2. The Morgan fingerprint density at radius 2 is 1.96 bits per heavy atom. The topological polar surface area (TPSA) is 12.0 Å². The van der Waals surface area contributed by atoms with E-state index in [1.165, 1.54) is 22.4 Å². The van der Waals surface area contributed by atoms with Crippen LogP contribution in [0.5, 0.6) is 0 Å². The lowest BCUT2D eigenvalue weighted by atomic mass is 9.75. The van der Waals surface area contributed by atoms with Crippen LogP contribution in [0.4, 0.5) is 5.69 Å². The van der Waals surface area contributed by atoms with Gasteiger partial charge >= 0.3 is 0 Å². The van der Waals surface area contributed by atoms with E-state index in [4.69, 9.17) is 0 Å². The van der Waals surface area contributed by atoms with Crippen LogP contribution in [0.25, 0.3) is 0 Å². The van der Waals surface area contributed by atoms with Crippen molar-refractivity contribution in [1.29, 1.82) is 0 Å². The van der Waals surface area contributed by atoms with Gasteiger partial charge in [-0.1, -0.05) is 72.3 Å². The molecule has 0 radical (unpaired) electrons. The molecular weight excluding hydrogens is 346 g/mol. The van der Waals surface area contributed by atoms with Crippen molar-refractivity contribution in [3.63, 3.8) is 0 Å². The van der Waals surface area contributed by atoms with E-state index in [9.17, 15) is 0 Å². The fraction of sp³-hybridized carbons (Fsp3) is 0.333. The number of benzene rings is 2. The van der Waals surface area contributed by atoms with Gasteiger partial charge in [-0.3, -0.25) is 0 Å². The third-order valence-corrected chi connectivity index (χ3v) is 5.75. The summed E-state index contributed by atoms with van der Waals surface area (Å²) >= 11 is 3.63. The van der Waals surface area contributed by atoms with Gasteiger partial charge < -0.3 is 5.32 Å². The van der Waals surface area contributed by atoms with Crippen molar-refractivity contribution >= 4 is 21.6 Å². The molecule has 0 aromatic heterocycles. The smallest absolute Gasteiger partial charge is 0.0554 e. The van der Waals surface area contributed by atoms with E-state index in [0.717, 1.165) is 10.9 Å². The minimum absolute atomic E-state index is 0.375. The molecule has 4 rings (SSSR count). The summed E-state index contributed by atoms with van der Waals surface area (Å²) in [6.07, 6.45) is 5.93. The van der Waals surface area contributed by atoms with Crippen LogP contribution in [0.2, 0.25) is 0 Å². The zero-order chi connectivity index (χ0) is 16.0. The molecule has 0 fully saturated rings. The number of halogens is 1. The lowest BCUT2D eigenvalue weighted by Crippen LogP contribution is -2.29. The van der Waals surface area contributed by atoms with Gasteiger partial charge in [-0.05, 0) is 47.1 Å². The Hall–Kier alpha value is -1.54. The van der Waals surface area contributed by atoms with E-state index in [1.807, 2.05) is 0 Å². The molecule has 118 valence electrons. The highest BCUT2D eigenvalue weighted by atomic mass is 79.9. The first-order valence-electron chi connectivity index (χ1n) is 8.46. The number of fused-ring (bicyclic) bond motifs is 3. The predicted molar refractivity (Wildman–Crippen MR) is 101 cm³/mol. The van der Waals surface area contributed by atoms with Crippen molar-refractivity contribution < 1.29 is 0 Å². The van der Waals surface area contributed by atoms with Crippen LogP contribution in [0, 0.1) is 5.92 Å². The number of hydrogen-bond acceptors (Lipinski definition) is 1. The molecule has 0 saturated carbocycles. The number of nitrogens with one attached hydrogen (secondary N) is 1. The van der Waals surface area contributed by atoms with Crippen molar-refractivity contribution in [1.82, 2.24) is 0 Å². The van der Waals surface area contributed by atoms with Crippen LogP contribution in [0.15, 0.2) is 59.1 Å². The van der Waals surface area contributed by atoms with Crippen LogP contribution in [0.3, 0.4) is 0 Å².